The number of aliphatic hydroxyl groups is 1. The third-order valence-electron chi connectivity index (χ3n) is 3.41. The first-order valence-corrected chi connectivity index (χ1v) is 5.97. The zero-order chi connectivity index (χ0) is 11.7. The number of hydrogen-bond donors (Lipinski definition) is 2. The molecular weight excluding hydrogens is 214 g/mol. The van der Waals surface area contributed by atoms with Crippen LogP contribution in [0.15, 0.2) is 24.4 Å². The van der Waals surface area contributed by atoms with Gasteiger partial charge in [-0.2, -0.15) is 5.10 Å². The standard InChI is InChI=1S/C13H15N3O/c17-8-9-4-5-10-12(7-9)15-16-13(10)11-3-1-2-6-14-11/h1-3,6,9,17H,4-5,7-8H2,(H,15,16). The van der Waals surface area contributed by atoms with E-state index in [1.54, 1.807) is 6.20 Å². The summed E-state index contributed by atoms with van der Waals surface area (Å²) in [5, 5.41) is 16.6. The zero-order valence-corrected chi connectivity index (χ0v) is 9.56. The molecule has 17 heavy (non-hydrogen) atoms. The highest BCUT2D eigenvalue weighted by Crippen LogP contribution is 2.30. The monoisotopic (exact) mass is 229 g/mol. The highest BCUT2D eigenvalue weighted by Gasteiger charge is 2.23. The maximum absolute atomic E-state index is 9.19. The summed E-state index contributed by atoms with van der Waals surface area (Å²) in [5.74, 6) is 0.375. The van der Waals surface area contributed by atoms with E-state index in [1.807, 2.05) is 18.2 Å². The van der Waals surface area contributed by atoms with Crippen molar-refractivity contribution in [1.29, 1.82) is 0 Å². The van der Waals surface area contributed by atoms with Crippen molar-refractivity contribution in [3.63, 3.8) is 0 Å². The molecule has 2 heterocycles. The number of nitrogens with zero attached hydrogens (tertiary/aromatic N) is 2. The average Bonchev–Trinajstić information content (AvgIpc) is 2.82. The van der Waals surface area contributed by atoms with E-state index in [0.29, 0.717) is 5.92 Å². The minimum atomic E-state index is 0.261. The van der Waals surface area contributed by atoms with Crippen molar-refractivity contribution in [1.82, 2.24) is 15.2 Å². The molecule has 0 aromatic carbocycles. The van der Waals surface area contributed by atoms with Crippen molar-refractivity contribution >= 4 is 0 Å². The molecule has 0 saturated carbocycles. The van der Waals surface area contributed by atoms with E-state index in [1.165, 1.54) is 5.56 Å². The molecule has 4 nitrogen and oxygen atoms in total. The number of H-pyrrole nitrogens is 1. The van der Waals surface area contributed by atoms with E-state index in [4.69, 9.17) is 0 Å². The third kappa shape index (κ3) is 1.85. The zero-order valence-electron chi connectivity index (χ0n) is 9.56. The topological polar surface area (TPSA) is 61.8 Å². The van der Waals surface area contributed by atoms with Gasteiger partial charge in [0.05, 0.1) is 5.69 Å². The molecule has 2 aromatic heterocycles. The fourth-order valence-electron chi connectivity index (χ4n) is 2.45. The SMILES string of the molecule is OCC1CCc2c(-c3ccccn3)n[nH]c2C1. The highest BCUT2D eigenvalue weighted by atomic mass is 16.3. The Morgan fingerprint density at radius 3 is 3.12 bits per heavy atom. The van der Waals surface area contributed by atoms with Gasteiger partial charge in [0.15, 0.2) is 0 Å². The lowest BCUT2D eigenvalue weighted by molar-refractivity contribution is 0.212. The number of aromatic amines is 1. The van der Waals surface area contributed by atoms with E-state index >= 15 is 0 Å². The molecule has 0 bridgehead atoms. The van der Waals surface area contributed by atoms with Crippen LogP contribution < -0.4 is 0 Å². The summed E-state index contributed by atoms with van der Waals surface area (Å²) in [7, 11) is 0. The van der Waals surface area contributed by atoms with Crippen molar-refractivity contribution in [3.05, 3.63) is 35.7 Å². The van der Waals surface area contributed by atoms with Crippen LogP contribution in [0.5, 0.6) is 0 Å². The molecule has 3 rings (SSSR count). The van der Waals surface area contributed by atoms with Gasteiger partial charge in [0, 0.05) is 24.1 Å². The van der Waals surface area contributed by atoms with Gasteiger partial charge in [-0.3, -0.25) is 10.1 Å². The Balaban J connectivity index is 1.97. The van der Waals surface area contributed by atoms with Crippen molar-refractivity contribution in [2.24, 2.45) is 5.92 Å². The predicted molar refractivity (Wildman–Crippen MR) is 64.4 cm³/mol. The lowest BCUT2D eigenvalue weighted by atomic mass is 9.87. The molecule has 0 spiro atoms. The first-order chi connectivity index (χ1) is 8.38. The number of aliphatic hydroxyl groups excluding tert-OH is 1. The van der Waals surface area contributed by atoms with E-state index < -0.39 is 0 Å². The number of pyridine rings is 1. The van der Waals surface area contributed by atoms with Crippen LogP contribution in [0.4, 0.5) is 0 Å². The highest BCUT2D eigenvalue weighted by molar-refractivity contribution is 5.60. The molecule has 0 fully saturated rings. The maximum Gasteiger partial charge on any atom is 0.114 e. The Morgan fingerprint density at radius 1 is 1.41 bits per heavy atom. The molecule has 1 aliphatic rings. The third-order valence-corrected chi connectivity index (χ3v) is 3.41. The predicted octanol–water partition coefficient (Wildman–Crippen LogP) is 1.57. The molecule has 0 radical (unpaired) electrons. The van der Waals surface area contributed by atoms with Gasteiger partial charge >= 0.3 is 0 Å². The number of fused-ring (bicyclic) bond motifs is 1. The van der Waals surface area contributed by atoms with Gasteiger partial charge in [-0.1, -0.05) is 6.07 Å². The number of aromatic nitrogens is 3. The van der Waals surface area contributed by atoms with Crippen LogP contribution in [0, 0.1) is 5.92 Å². The van der Waals surface area contributed by atoms with Crippen molar-refractivity contribution in [2.45, 2.75) is 19.3 Å². The fourth-order valence-corrected chi connectivity index (χ4v) is 2.45. The Kier molecular flexibility index (Phi) is 2.65. The lowest BCUT2D eigenvalue weighted by Gasteiger charge is -2.19. The molecule has 88 valence electrons. The summed E-state index contributed by atoms with van der Waals surface area (Å²) < 4.78 is 0. The first-order valence-electron chi connectivity index (χ1n) is 5.97. The van der Waals surface area contributed by atoms with Crippen LogP contribution in [-0.4, -0.2) is 26.9 Å². The van der Waals surface area contributed by atoms with Crippen molar-refractivity contribution in [2.75, 3.05) is 6.61 Å². The summed E-state index contributed by atoms with van der Waals surface area (Å²) >= 11 is 0. The normalized spacial score (nSPS) is 19.0. The smallest absolute Gasteiger partial charge is 0.114 e. The Morgan fingerprint density at radius 2 is 2.35 bits per heavy atom. The van der Waals surface area contributed by atoms with Crippen molar-refractivity contribution in [3.8, 4) is 11.4 Å². The molecule has 2 N–H and O–H groups in total. The second kappa shape index (κ2) is 4.30. The van der Waals surface area contributed by atoms with Crippen LogP contribution in [0.2, 0.25) is 0 Å². The van der Waals surface area contributed by atoms with Gasteiger partial charge in [0.1, 0.15) is 5.69 Å². The Hall–Kier alpha value is -1.68. The quantitative estimate of drug-likeness (QED) is 0.821. The molecule has 0 saturated heterocycles. The molecular formula is C13H15N3O. The van der Waals surface area contributed by atoms with Crippen LogP contribution in [0.25, 0.3) is 11.4 Å². The Labute approximate surface area is 99.7 Å². The van der Waals surface area contributed by atoms with Gasteiger partial charge in [0.25, 0.3) is 0 Å². The number of hydrogen-bond acceptors (Lipinski definition) is 3. The molecule has 1 atom stereocenters. The average molecular weight is 229 g/mol. The van der Waals surface area contributed by atoms with E-state index in [9.17, 15) is 5.11 Å². The van der Waals surface area contributed by atoms with Crippen molar-refractivity contribution < 1.29 is 5.11 Å². The Bertz CT molecular complexity index is 507. The summed E-state index contributed by atoms with van der Waals surface area (Å²) in [4.78, 5) is 4.34. The molecule has 0 aliphatic heterocycles. The second-order valence-corrected chi connectivity index (χ2v) is 4.54. The molecule has 4 heteroatoms. The van der Waals surface area contributed by atoms with Crippen LogP contribution in [-0.2, 0) is 12.8 Å². The number of nitrogens with one attached hydrogen (secondary N) is 1. The summed E-state index contributed by atoms with van der Waals surface area (Å²) in [6.07, 6.45) is 4.69. The second-order valence-electron chi connectivity index (χ2n) is 4.54. The lowest BCUT2D eigenvalue weighted by Crippen LogP contribution is -2.17. The maximum atomic E-state index is 9.19. The summed E-state index contributed by atoms with van der Waals surface area (Å²) in [6.45, 7) is 0.261. The van der Waals surface area contributed by atoms with Gasteiger partial charge in [-0.25, -0.2) is 0 Å². The van der Waals surface area contributed by atoms with Gasteiger partial charge in [0.2, 0.25) is 0 Å². The first kappa shape index (κ1) is 10.5. The number of rotatable bonds is 2. The van der Waals surface area contributed by atoms with Crippen LogP contribution >= 0.6 is 0 Å². The minimum Gasteiger partial charge on any atom is -0.396 e. The van der Waals surface area contributed by atoms with Crippen LogP contribution in [0.1, 0.15) is 17.7 Å². The van der Waals surface area contributed by atoms with E-state index in [2.05, 4.69) is 15.2 Å². The molecule has 1 aliphatic carbocycles. The summed E-state index contributed by atoms with van der Waals surface area (Å²) in [6, 6.07) is 5.86. The van der Waals surface area contributed by atoms with E-state index in [0.717, 1.165) is 36.3 Å². The van der Waals surface area contributed by atoms with E-state index in [-0.39, 0.29) is 6.61 Å². The van der Waals surface area contributed by atoms with Gasteiger partial charge < -0.3 is 5.11 Å². The molecule has 0 amide bonds. The van der Waals surface area contributed by atoms with Gasteiger partial charge in [-0.15, -0.1) is 0 Å². The molecule has 2 aromatic rings. The largest absolute Gasteiger partial charge is 0.396 e. The summed E-state index contributed by atoms with van der Waals surface area (Å²) in [5.41, 5.74) is 4.33. The van der Waals surface area contributed by atoms with Crippen LogP contribution in [0.3, 0.4) is 0 Å². The fraction of sp³-hybridized carbons (Fsp3) is 0.385. The van der Waals surface area contributed by atoms with Gasteiger partial charge in [-0.05, 0) is 37.3 Å². The minimum absolute atomic E-state index is 0.261. The molecule has 1 unspecified atom stereocenters.